The lowest BCUT2D eigenvalue weighted by Crippen LogP contribution is -1.85. The van der Waals surface area contributed by atoms with E-state index in [0.717, 1.165) is 11.8 Å². The second-order valence-corrected chi connectivity index (χ2v) is 4.24. The molecule has 1 aromatic rings. The molecule has 0 spiro atoms. The molecule has 2 rings (SSSR count). The first-order chi connectivity index (χ1) is 5.66. The van der Waals surface area contributed by atoms with Gasteiger partial charge in [0.1, 0.15) is 0 Å². The van der Waals surface area contributed by atoms with Gasteiger partial charge in [-0.25, -0.2) is 0 Å². The molecule has 0 aliphatic heterocycles. The van der Waals surface area contributed by atoms with E-state index < -0.39 is 0 Å². The number of rotatable bonds is 1. The van der Waals surface area contributed by atoms with E-state index in [0.29, 0.717) is 0 Å². The molecule has 0 amide bonds. The third-order valence-corrected chi connectivity index (χ3v) is 2.78. The molecule has 2 unspecified atom stereocenters. The second kappa shape index (κ2) is 2.62. The standard InChI is InChI=1S/C12H16/c1-8-4-9(2)6-11(5-8)12-7-10(12)3/h4-6,10,12H,7H2,1-3H3. The van der Waals surface area contributed by atoms with Crippen molar-refractivity contribution in [2.24, 2.45) is 5.92 Å². The first-order valence-corrected chi connectivity index (χ1v) is 4.75. The highest BCUT2D eigenvalue weighted by atomic mass is 14.4. The Bertz CT molecular complexity index is 279. The van der Waals surface area contributed by atoms with E-state index in [1.807, 2.05) is 0 Å². The lowest BCUT2D eigenvalue weighted by atomic mass is 10.0. The molecular formula is C12H16. The molecule has 1 aromatic carbocycles. The van der Waals surface area contributed by atoms with Crippen molar-refractivity contribution in [1.29, 1.82) is 0 Å². The van der Waals surface area contributed by atoms with Gasteiger partial charge in [-0.3, -0.25) is 0 Å². The second-order valence-electron chi connectivity index (χ2n) is 4.24. The summed E-state index contributed by atoms with van der Waals surface area (Å²) in [4.78, 5) is 0. The van der Waals surface area contributed by atoms with Crippen LogP contribution in [0.25, 0.3) is 0 Å². The minimum absolute atomic E-state index is 0.864. The predicted octanol–water partition coefficient (Wildman–Crippen LogP) is 3.43. The summed E-state index contributed by atoms with van der Waals surface area (Å²) in [6.45, 7) is 6.70. The van der Waals surface area contributed by atoms with Gasteiger partial charge in [-0.15, -0.1) is 0 Å². The highest BCUT2D eigenvalue weighted by Crippen LogP contribution is 2.47. The van der Waals surface area contributed by atoms with E-state index in [2.05, 4.69) is 39.0 Å². The Morgan fingerprint density at radius 3 is 2.00 bits per heavy atom. The molecule has 12 heavy (non-hydrogen) atoms. The summed E-state index contributed by atoms with van der Waals surface area (Å²) >= 11 is 0. The van der Waals surface area contributed by atoms with Gasteiger partial charge in [0.25, 0.3) is 0 Å². The zero-order valence-electron chi connectivity index (χ0n) is 8.09. The summed E-state index contributed by atoms with van der Waals surface area (Å²) in [6, 6.07) is 6.92. The Hall–Kier alpha value is -0.780. The smallest absolute Gasteiger partial charge is 0.0133 e. The van der Waals surface area contributed by atoms with E-state index in [1.54, 1.807) is 5.56 Å². The minimum Gasteiger partial charge on any atom is -0.0619 e. The van der Waals surface area contributed by atoms with Crippen molar-refractivity contribution in [2.45, 2.75) is 33.1 Å². The molecule has 0 aromatic heterocycles. The van der Waals surface area contributed by atoms with Crippen LogP contribution in [0.3, 0.4) is 0 Å². The van der Waals surface area contributed by atoms with Crippen LogP contribution >= 0.6 is 0 Å². The van der Waals surface area contributed by atoms with E-state index in [9.17, 15) is 0 Å². The maximum absolute atomic E-state index is 2.34. The van der Waals surface area contributed by atoms with Gasteiger partial charge in [-0.05, 0) is 37.7 Å². The number of benzene rings is 1. The zero-order chi connectivity index (χ0) is 8.72. The van der Waals surface area contributed by atoms with E-state index >= 15 is 0 Å². The van der Waals surface area contributed by atoms with Gasteiger partial charge in [-0.1, -0.05) is 36.2 Å². The Labute approximate surface area is 74.6 Å². The van der Waals surface area contributed by atoms with Crippen molar-refractivity contribution < 1.29 is 0 Å². The summed E-state index contributed by atoms with van der Waals surface area (Å²) in [5, 5.41) is 0. The average molecular weight is 160 g/mol. The number of hydrogen-bond acceptors (Lipinski definition) is 0. The van der Waals surface area contributed by atoms with E-state index in [4.69, 9.17) is 0 Å². The van der Waals surface area contributed by atoms with Gasteiger partial charge in [0.2, 0.25) is 0 Å². The molecule has 2 atom stereocenters. The monoisotopic (exact) mass is 160 g/mol. The van der Waals surface area contributed by atoms with Crippen LogP contribution in [0.1, 0.15) is 36.0 Å². The molecule has 0 saturated heterocycles. The molecule has 0 N–H and O–H groups in total. The number of hydrogen-bond donors (Lipinski definition) is 0. The van der Waals surface area contributed by atoms with Crippen LogP contribution in [-0.4, -0.2) is 0 Å². The summed E-state index contributed by atoms with van der Waals surface area (Å²) < 4.78 is 0. The largest absolute Gasteiger partial charge is 0.0619 e. The molecule has 0 nitrogen and oxygen atoms in total. The quantitative estimate of drug-likeness (QED) is 0.590. The van der Waals surface area contributed by atoms with Crippen LogP contribution in [0.5, 0.6) is 0 Å². The first kappa shape index (κ1) is 7.85. The molecule has 1 aliphatic carbocycles. The lowest BCUT2D eigenvalue weighted by molar-refractivity contribution is 0.912. The predicted molar refractivity (Wildman–Crippen MR) is 52.4 cm³/mol. The van der Waals surface area contributed by atoms with Crippen LogP contribution in [-0.2, 0) is 0 Å². The zero-order valence-corrected chi connectivity index (χ0v) is 8.09. The van der Waals surface area contributed by atoms with Crippen molar-refractivity contribution in [3.05, 3.63) is 34.9 Å². The average Bonchev–Trinajstić information content (AvgIpc) is 2.64. The van der Waals surface area contributed by atoms with Gasteiger partial charge in [0, 0.05) is 0 Å². The molecule has 1 aliphatic rings. The summed E-state index contributed by atoms with van der Waals surface area (Å²) in [7, 11) is 0. The fraction of sp³-hybridized carbons (Fsp3) is 0.500. The van der Waals surface area contributed by atoms with Crippen molar-refractivity contribution in [1.82, 2.24) is 0 Å². The highest BCUT2D eigenvalue weighted by Gasteiger charge is 2.33. The third-order valence-electron chi connectivity index (χ3n) is 2.78. The van der Waals surface area contributed by atoms with E-state index in [1.165, 1.54) is 17.5 Å². The fourth-order valence-electron chi connectivity index (χ4n) is 2.01. The fourth-order valence-corrected chi connectivity index (χ4v) is 2.01. The van der Waals surface area contributed by atoms with Gasteiger partial charge in [-0.2, -0.15) is 0 Å². The Kier molecular flexibility index (Phi) is 1.71. The molecule has 1 saturated carbocycles. The highest BCUT2D eigenvalue weighted by molar-refractivity contribution is 5.33. The maximum atomic E-state index is 2.34. The Balaban J connectivity index is 2.32. The molecule has 0 heterocycles. The maximum Gasteiger partial charge on any atom is -0.0133 e. The molecule has 1 fully saturated rings. The molecule has 0 bridgehead atoms. The lowest BCUT2D eigenvalue weighted by Gasteiger charge is -2.02. The Morgan fingerprint density at radius 1 is 1.08 bits per heavy atom. The topological polar surface area (TPSA) is 0 Å². The van der Waals surface area contributed by atoms with Crippen molar-refractivity contribution in [3.8, 4) is 0 Å². The van der Waals surface area contributed by atoms with Gasteiger partial charge in [0.05, 0.1) is 0 Å². The molecule has 0 radical (unpaired) electrons. The minimum atomic E-state index is 0.864. The Morgan fingerprint density at radius 2 is 1.58 bits per heavy atom. The summed E-state index contributed by atoms with van der Waals surface area (Å²) in [6.07, 6.45) is 1.39. The van der Waals surface area contributed by atoms with Crippen LogP contribution in [0.15, 0.2) is 18.2 Å². The van der Waals surface area contributed by atoms with Gasteiger partial charge < -0.3 is 0 Å². The molecule has 64 valence electrons. The summed E-state index contributed by atoms with van der Waals surface area (Å²) in [5.74, 6) is 1.79. The van der Waals surface area contributed by atoms with Crippen molar-refractivity contribution in [3.63, 3.8) is 0 Å². The third kappa shape index (κ3) is 1.38. The van der Waals surface area contributed by atoms with Crippen molar-refractivity contribution >= 4 is 0 Å². The van der Waals surface area contributed by atoms with Crippen LogP contribution < -0.4 is 0 Å². The SMILES string of the molecule is Cc1cc(C)cc(C2CC2C)c1. The van der Waals surface area contributed by atoms with Crippen LogP contribution in [0.2, 0.25) is 0 Å². The first-order valence-electron chi connectivity index (χ1n) is 4.75. The number of aryl methyl sites for hydroxylation is 2. The normalized spacial score (nSPS) is 27.2. The van der Waals surface area contributed by atoms with Gasteiger partial charge in [0.15, 0.2) is 0 Å². The van der Waals surface area contributed by atoms with Gasteiger partial charge >= 0.3 is 0 Å². The molecular weight excluding hydrogens is 144 g/mol. The molecule has 0 heteroatoms. The van der Waals surface area contributed by atoms with Crippen molar-refractivity contribution in [2.75, 3.05) is 0 Å². The van der Waals surface area contributed by atoms with E-state index in [-0.39, 0.29) is 0 Å². The summed E-state index contributed by atoms with van der Waals surface area (Å²) in [5.41, 5.74) is 4.37. The van der Waals surface area contributed by atoms with Crippen LogP contribution in [0, 0.1) is 19.8 Å². The van der Waals surface area contributed by atoms with Crippen LogP contribution in [0.4, 0.5) is 0 Å².